The molecule has 1 unspecified atom stereocenters. The second kappa shape index (κ2) is 8.78. The number of nitrogens with zero attached hydrogens (tertiary/aromatic N) is 1. The van der Waals surface area contributed by atoms with E-state index in [2.05, 4.69) is 12.2 Å². The molecule has 1 atom stereocenters. The SMILES string of the molecule is CCCC(CC)NC(=O)N(CC(=O)O)CC(C)C. The van der Waals surface area contributed by atoms with Gasteiger partial charge in [0.2, 0.25) is 0 Å². The van der Waals surface area contributed by atoms with Crippen LogP contribution in [0.25, 0.3) is 0 Å². The van der Waals surface area contributed by atoms with Gasteiger partial charge in [-0.15, -0.1) is 0 Å². The van der Waals surface area contributed by atoms with Gasteiger partial charge in [-0.25, -0.2) is 4.79 Å². The van der Waals surface area contributed by atoms with Crippen LogP contribution in [-0.2, 0) is 4.79 Å². The van der Waals surface area contributed by atoms with Crippen molar-refractivity contribution in [3.8, 4) is 0 Å². The van der Waals surface area contributed by atoms with E-state index in [9.17, 15) is 9.59 Å². The summed E-state index contributed by atoms with van der Waals surface area (Å²) < 4.78 is 0. The Bertz CT molecular complexity index is 267. The van der Waals surface area contributed by atoms with E-state index in [0.29, 0.717) is 6.54 Å². The highest BCUT2D eigenvalue weighted by molar-refractivity contribution is 5.80. The first-order chi connectivity index (χ1) is 8.40. The van der Waals surface area contributed by atoms with Crippen molar-refractivity contribution in [1.29, 1.82) is 0 Å². The van der Waals surface area contributed by atoms with Gasteiger partial charge in [-0.1, -0.05) is 34.1 Å². The van der Waals surface area contributed by atoms with E-state index in [0.717, 1.165) is 19.3 Å². The molecular formula is C13H26N2O3. The zero-order valence-electron chi connectivity index (χ0n) is 11.9. The van der Waals surface area contributed by atoms with Gasteiger partial charge in [0.1, 0.15) is 6.54 Å². The molecule has 0 fully saturated rings. The Hall–Kier alpha value is -1.26. The van der Waals surface area contributed by atoms with Crippen LogP contribution < -0.4 is 5.32 Å². The molecule has 18 heavy (non-hydrogen) atoms. The van der Waals surface area contributed by atoms with Crippen LogP contribution in [0.1, 0.15) is 47.0 Å². The van der Waals surface area contributed by atoms with Crippen molar-refractivity contribution in [3.63, 3.8) is 0 Å². The lowest BCUT2D eigenvalue weighted by molar-refractivity contribution is -0.137. The van der Waals surface area contributed by atoms with Gasteiger partial charge in [0.05, 0.1) is 0 Å². The molecule has 2 N–H and O–H groups in total. The van der Waals surface area contributed by atoms with E-state index in [1.165, 1.54) is 4.90 Å². The number of amides is 2. The molecule has 0 aliphatic carbocycles. The van der Waals surface area contributed by atoms with Crippen LogP contribution >= 0.6 is 0 Å². The maximum atomic E-state index is 12.0. The fraction of sp³-hybridized carbons (Fsp3) is 0.846. The van der Waals surface area contributed by atoms with Crippen LogP contribution in [0.15, 0.2) is 0 Å². The van der Waals surface area contributed by atoms with Crippen LogP contribution in [0.5, 0.6) is 0 Å². The van der Waals surface area contributed by atoms with Gasteiger partial charge < -0.3 is 15.3 Å². The van der Waals surface area contributed by atoms with E-state index in [1.54, 1.807) is 0 Å². The maximum absolute atomic E-state index is 12.0. The van der Waals surface area contributed by atoms with Crippen molar-refractivity contribution in [3.05, 3.63) is 0 Å². The highest BCUT2D eigenvalue weighted by Crippen LogP contribution is 2.04. The summed E-state index contributed by atoms with van der Waals surface area (Å²) in [6.45, 7) is 8.23. The molecule has 0 radical (unpaired) electrons. The lowest BCUT2D eigenvalue weighted by atomic mass is 10.1. The Balaban J connectivity index is 4.47. The minimum absolute atomic E-state index is 0.131. The summed E-state index contributed by atoms with van der Waals surface area (Å²) in [4.78, 5) is 24.1. The highest BCUT2D eigenvalue weighted by Gasteiger charge is 2.19. The van der Waals surface area contributed by atoms with E-state index in [-0.39, 0.29) is 24.5 Å². The lowest BCUT2D eigenvalue weighted by Crippen LogP contribution is -2.47. The van der Waals surface area contributed by atoms with Crippen molar-refractivity contribution in [1.82, 2.24) is 10.2 Å². The number of hydrogen-bond donors (Lipinski definition) is 2. The number of aliphatic carboxylic acids is 1. The Morgan fingerprint density at radius 3 is 2.28 bits per heavy atom. The van der Waals surface area contributed by atoms with Gasteiger partial charge >= 0.3 is 12.0 Å². The number of carboxylic acid groups (broad SMARTS) is 1. The smallest absolute Gasteiger partial charge is 0.323 e. The van der Waals surface area contributed by atoms with Crippen molar-refractivity contribution in [2.75, 3.05) is 13.1 Å². The molecule has 0 aliphatic heterocycles. The average molecular weight is 258 g/mol. The van der Waals surface area contributed by atoms with Gasteiger partial charge in [0.15, 0.2) is 0 Å². The van der Waals surface area contributed by atoms with Crippen molar-refractivity contribution in [2.24, 2.45) is 5.92 Å². The van der Waals surface area contributed by atoms with Gasteiger partial charge in [0.25, 0.3) is 0 Å². The zero-order chi connectivity index (χ0) is 14.1. The molecule has 0 rings (SSSR count). The first-order valence-electron chi connectivity index (χ1n) is 6.67. The van der Waals surface area contributed by atoms with Gasteiger partial charge in [-0.3, -0.25) is 4.79 Å². The number of urea groups is 1. The minimum Gasteiger partial charge on any atom is -0.480 e. The third-order valence-corrected chi connectivity index (χ3v) is 2.66. The number of nitrogens with one attached hydrogen (secondary N) is 1. The quantitative estimate of drug-likeness (QED) is 0.702. The molecule has 2 amide bonds. The van der Waals surface area contributed by atoms with Crippen molar-refractivity contribution >= 4 is 12.0 Å². The topological polar surface area (TPSA) is 69.6 Å². The number of carboxylic acids is 1. The number of rotatable bonds is 8. The largest absolute Gasteiger partial charge is 0.480 e. The third-order valence-electron chi connectivity index (χ3n) is 2.66. The number of carbonyl (C=O) groups excluding carboxylic acids is 1. The summed E-state index contributed by atoms with van der Waals surface area (Å²) in [6.07, 6.45) is 2.79. The fourth-order valence-electron chi connectivity index (χ4n) is 1.82. The van der Waals surface area contributed by atoms with Crippen molar-refractivity contribution in [2.45, 2.75) is 53.0 Å². The van der Waals surface area contributed by atoms with E-state index in [4.69, 9.17) is 5.11 Å². The Labute approximate surface area is 110 Å². The summed E-state index contributed by atoms with van der Waals surface area (Å²) in [5, 5.41) is 11.7. The molecule has 0 saturated carbocycles. The van der Waals surface area contributed by atoms with Crippen LogP contribution in [0.4, 0.5) is 4.79 Å². The van der Waals surface area contributed by atoms with Crippen LogP contribution in [0.3, 0.4) is 0 Å². The zero-order valence-corrected chi connectivity index (χ0v) is 11.9. The molecule has 5 heteroatoms. The Morgan fingerprint density at radius 2 is 1.89 bits per heavy atom. The molecule has 0 aromatic carbocycles. The second-order valence-corrected chi connectivity index (χ2v) is 5.01. The van der Waals surface area contributed by atoms with Gasteiger partial charge in [-0.05, 0) is 18.8 Å². The Kier molecular flexibility index (Phi) is 8.16. The summed E-state index contributed by atoms with van der Waals surface area (Å²) in [6, 6.07) is -0.141. The minimum atomic E-state index is -0.977. The first-order valence-corrected chi connectivity index (χ1v) is 6.67. The number of carbonyl (C=O) groups is 2. The van der Waals surface area contributed by atoms with E-state index in [1.807, 2.05) is 20.8 Å². The Morgan fingerprint density at radius 1 is 1.28 bits per heavy atom. The second-order valence-electron chi connectivity index (χ2n) is 5.01. The molecule has 5 nitrogen and oxygen atoms in total. The highest BCUT2D eigenvalue weighted by atomic mass is 16.4. The summed E-state index contributed by atoms with van der Waals surface area (Å²) in [7, 11) is 0. The molecule has 0 saturated heterocycles. The summed E-state index contributed by atoms with van der Waals surface area (Å²) in [5.74, 6) is -0.726. The lowest BCUT2D eigenvalue weighted by Gasteiger charge is -2.26. The van der Waals surface area contributed by atoms with Crippen LogP contribution in [0, 0.1) is 5.92 Å². The standard InChI is InChI=1S/C13H26N2O3/c1-5-7-11(6-2)14-13(18)15(8-10(3)4)9-12(16)17/h10-11H,5-9H2,1-4H3,(H,14,18)(H,16,17). The normalized spacial score (nSPS) is 12.3. The average Bonchev–Trinajstić information content (AvgIpc) is 2.26. The molecule has 0 aliphatic rings. The predicted octanol–water partition coefficient (Wildman–Crippen LogP) is 2.32. The van der Waals surface area contributed by atoms with E-state index >= 15 is 0 Å². The molecule has 0 spiro atoms. The molecule has 0 heterocycles. The third kappa shape index (κ3) is 7.14. The summed E-state index contributed by atoms with van der Waals surface area (Å²) in [5.41, 5.74) is 0. The van der Waals surface area contributed by atoms with Crippen molar-refractivity contribution < 1.29 is 14.7 Å². The molecular weight excluding hydrogens is 232 g/mol. The molecule has 106 valence electrons. The molecule has 0 bridgehead atoms. The number of hydrogen-bond acceptors (Lipinski definition) is 2. The monoisotopic (exact) mass is 258 g/mol. The van der Waals surface area contributed by atoms with Gasteiger partial charge in [0, 0.05) is 12.6 Å². The van der Waals surface area contributed by atoms with Crippen LogP contribution in [-0.4, -0.2) is 41.1 Å². The fourth-order valence-corrected chi connectivity index (χ4v) is 1.82. The maximum Gasteiger partial charge on any atom is 0.323 e. The van der Waals surface area contributed by atoms with Gasteiger partial charge in [-0.2, -0.15) is 0 Å². The first kappa shape index (κ1) is 16.7. The predicted molar refractivity (Wildman–Crippen MR) is 71.6 cm³/mol. The summed E-state index contributed by atoms with van der Waals surface area (Å²) >= 11 is 0. The van der Waals surface area contributed by atoms with E-state index < -0.39 is 5.97 Å². The molecule has 0 aromatic heterocycles. The van der Waals surface area contributed by atoms with Crippen LogP contribution in [0.2, 0.25) is 0 Å². The molecule has 0 aromatic rings.